The van der Waals surface area contributed by atoms with Crippen LogP contribution in [0.4, 0.5) is 4.79 Å². The number of hydrogen-bond acceptors (Lipinski definition) is 4. The Labute approximate surface area is 111 Å². The molecule has 5 nitrogen and oxygen atoms in total. The van der Waals surface area contributed by atoms with Gasteiger partial charge in [0.1, 0.15) is 12.6 Å². The molecule has 0 fully saturated rings. The van der Waals surface area contributed by atoms with Crippen LogP contribution in [-0.2, 0) is 20.9 Å². The first kappa shape index (κ1) is 14.6. The van der Waals surface area contributed by atoms with Crippen molar-refractivity contribution in [3.63, 3.8) is 0 Å². The maximum Gasteiger partial charge on any atom is 0.408 e. The van der Waals surface area contributed by atoms with E-state index in [0.717, 1.165) is 5.56 Å². The highest BCUT2D eigenvalue weighted by Crippen LogP contribution is 2.01. The van der Waals surface area contributed by atoms with E-state index in [4.69, 9.17) is 11.2 Å². The quantitative estimate of drug-likeness (QED) is 0.644. The third-order valence-electron chi connectivity index (χ3n) is 2.31. The molecular formula is C14H15NO4. The highest BCUT2D eigenvalue weighted by atomic mass is 16.6. The van der Waals surface area contributed by atoms with Crippen molar-refractivity contribution in [2.24, 2.45) is 0 Å². The third kappa shape index (κ3) is 5.13. The van der Waals surface area contributed by atoms with Crippen molar-refractivity contribution in [3.05, 3.63) is 35.9 Å². The second kappa shape index (κ2) is 7.77. The van der Waals surface area contributed by atoms with Gasteiger partial charge in [-0.1, -0.05) is 30.3 Å². The highest BCUT2D eigenvalue weighted by molar-refractivity contribution is 5.81. The molecule has 1 atom stereocenters. The molecule has 100 valence electrons. The van der Waals surface area contributed by atoms with Crippen molar-refractivity contribution < 1.29 is 19.1 Å². The predicted octanol–water partition coefficient (Wildman–Crippen LogP) is 1.48. The van der Waals surface area contributed by atoms with Crippen LogP contribution < -0.4 is 5.32 Å². The number of methoxy groups -OCH3 is 1. The minimum atomic E-state index is -0.890. The molecule has 0 aliphatic heterocycles. The van der Waals surface area contributed by atoms with Crippen molar-refractivity contribution >= 4 is 12.1 Å². The summed E-state index contributed by atoms with van der Waals surface area (Å²) in [5.41, 5.74) is 0.851. The van der Waals surface area contributed by atoms with Gasteiger partial charge in [0.25, 0.3) is 0 Å². The van der Waals surface area contributed by atoms with E-state index in [1.165, 1.54) is 7.11 Å². The molecular weight excluding hydrogens is 246 g/mol. The van der Waals surface area contributed by atoms with Gasteiger partial charge in [-0.05, 0) is 5.56 Å². The van der Waals surface area contributed by atoms with Gasteiger partial charge in [0.2, 0.25) is 0 Å². The lowest BCUT2D eigenvalue weighted by molar-refractivity contribution is -0.142. The highest BCUT2D eigenvalue weighted by Gasteiger charge is 2.20. The number of hydrogen-bond donors (Lipinski definition) is 1. The number of benzene rings is 1. The third-order valence-corrected chi connectivity index (χ3v) is 2.31. The summed E-state index contributed by atoms with van der Waals surface area (Å²) in [6.45, 7) is 0.122. The first-order valence-electron chi connectivity index (χ1n) is 5.66. The van der Waals surface area contributed by atoms with E-state index < -0.39 is 18.1 Å². The van der Waals surface area contributed by atoms with Crippen LogP contribution in [0.3, 0.4) is 0 Å². The van der Waals surface area contributed by atoms with Crippen LogP contribution >= 0.6 is 0 Å². The Bertz CT molecular complexity index is 464. The van der Waals surface area contributed by atoms with E-state index >= 15 is 0 Å². The van der Waals surface area contributed by atoms with Crippen molar-refractivity contribution in [2.75, 3.05) is 7.11 Å². The molecule has 1 aromatic rings. The second-order valence-corrected chi connectivity index (χ2v) is 3.69. The zero-order valence-electron chi connectivity index (χ0n) is 10.6. The molecule has 0 heterocycles. The number of nitrogens with one attached hydrogen (secondary N) is 1. The lowest BCUT2D eigenvalue weighted by atomic mass is 10.2. The zero-order valence-corrected chi connectivity index (χ0v) is 10.6. The predicted molar refractivity (Wildman–Crippen MR) is 69.0 cm³/mol. The molecule has 0 aliphatic carbocycles. The Kier molecular flexibility index (Phi) is 5.96. The fourth-order valence-electron chi connectivity index (χ4n) is 1.36. The van der Waals surface area contributed by atoms with E-state index in [0.29, 0.717) is 0 Å². The number of terminal acetylenes is 1. The van der Waals surface area contributed by atoms with Crippen LogP contribution in [0, 0.1) is 12.3 Å². The Balaban J connectivity index is 2.45. The molecule has 0 unspecified atom stereocenters. The van der Waals surface area contributed by atoms with Gasteiger partial charge >= 0.3 is 12.1 Å². The molecule has 0 bridgehead atoms. The maximum absolute atomic E-state index is 11.5. The first-order chi connectivity index (χ1) is 9.17. The number of ether oxygens (including phenoxy) is 2. The second-order valence-electron chi connectivity index (χ2n) is 3.69. The van der Waals surface area contributed by atoms with Crippen LogP contribution in [0.5, 0.6) is 0 Å². The monoisotopic (exact) mass is 261 g/mol. The first-order valence-corrected chi connectivity index (χ1v) is 5.66. The largest absolute Gasteiger partial charge is 0.467 e. The summed E-state index contributed by atoms with van der Waals surface area (Å²) in [5.74, 6) is 1.69. The van der Waals surface area contributed by atoms with Crippen LogP contribution in [0.25, 0.3) is 0 Å². The molecule has 1 amide bonds. The number of amides is 1. The fraction of sp³-hybridized carbons (Fsp3) is 0.286. The summed E-state index contributed by atoms with van der Waals surface area (Å²) >= 11 is 0. The smallest absolute Gasteiger partial charge is 0.408 e. The number of esters is 1. The van der Waals surface area contributed by atoms with Crippen molar-refractivity contribution in [3.8, 4) is 12.3 Å². The fourth-order valence-corrected chi connectivity index (χ4v) is 1.36. The van der Waals surface area contributed by atoms with Crippen LogP contribution in [-0.4, -0.2) is 25.2 Å². The molecule has 0 aromatic heterocycles. The van der Waals surface area contributed by atoms with E-state index in [9.17, 15) is 9.59 Å². The minimum Gasteiger partial charge on any atom is -0.467 e. The summed E-state index contributed by atoms with van der Waals surface area (Å²) in [6.07, 6.45) is 4.45. The van der Waals surface area contributed by atoms with Crippen molar-refractivity contribution in [2.45, 2.75) is 19.1 Å². The van der Waals surface area contributed by atoms with E-state index in [1.807, 2.05) is 30.3 Å². The van der Waals surface area contributed by atoms with Gasteiger partial charge in [0.05, 0.1) is 7.11 Å². The lowest BCUT2D eigenvalue weighted by Gasteiger charge is -2.14. The summed E-state index contributed by atoms with van der Waals surface area (Å²) < 4.78 is 9.50. The molecule has 19 heavy (non-hydrogen) atoms. The van der Waals surface area contributed by atoms with Gasteiger partial charge in [-0.2, -0.15) is 0 Å². The summed E-state index contributed by atoms with van der Waals surface area (Å²) in [6, 6.07) is 8.31. The molecule has 1 aromatic carbocycles. The molecule has 0 saturated carbocycles. The standard InChI is InChI=1S/C14H15NO4/c1-3-7-12(13(16)18-2)15-14(17)19-10-11-8-5-4-6-9-11/h1,4-6,8-9,12H,7,10H2,2H3,(H,15,17)/t12-/m1/s1. The zero-order chi connectivity index (χ0) is 14.1. The molecule has 0 radical (unpaired) electrons. The number of carbonyl (C=O) groups excluding carboxylic acids is 2. The average Bonchev–Trinajstić information content (AvgIpc) is 2.45. The number of carbonyl (C=O) groups is 2. The van der Waals surface area contributed by atoms with Gasteiger partial charge in [-0.25, -0.2) is 9.59 Å². The van der Waals surface area contributed by atoms with Gasteiger partial charge in [0, 0.05) is 6.42 Å². The molecule has 0 saturated heterocycles. The average molecular weight is 261 g/mol. The number of alkyl carbamates (subject to hydrolysis) is 1. The van der Waals surface area contributed by atoms with Crippen LogP contribution in [0.1, 0.15) is 12.0 Å². The Hall–Kier alpha value is -2.48. The topological polar surface area (TPSA) is 64.6 Å². The molecule has 5 heteroatoms. The maximum atomic E-state index is 11.5. The van der Waals surface area contributed by atoms with Crippen molar-refractivity contribution in [1.82, 2.24) is 5.32 Å². The Morgan fingerprint density at radius 2 is 2.05 bits per heavy atom. The summed E-state index contributed by atoms with van der Waals surface area (Å²) in [5, 5.41) is 2.36. The SMILES string of the molecule is C#CC[C@@H](NC(=O)OCc1ccccc1)C(=O)OC. The van der Waals surface area contributed by atoms with E-state index in [-0.39, 0.29) is 13.0 Å². The van der Waals surface area contributed by atoms with Gasteiger partial charge in [0.15, 0.2) is 0 Å². The van der Waals surface area contributed by atoms with Gasteiger partial charge in [-0.3, -0.25) is 0 Å². The van der Waals surface area contributed by atoms with Crippen molar-refractivity contribution in [1.29, 1.82) is 0 Å². The van der Waals surface area contributed by atoms with Crippen LogP contribution in [0.15, 0.2) is 30.3 Å². The number of rotatable bonds is 5. The Morgan fingerprint density at radius 3 is 2.63 bits per heavy atom. The summed E-state index contributed by atoms with van der Waals surface area (Å²) in [4.78, 5) is 22.8. The molecule has 1 N–H and O–H groups in total. The van der Waals surface area contributed by atoms with Gasteiger partial charge < -0.3 is 14.8 Å². The van der Waals surface area contributed by atoms with E-state index in [1.54, 1.807) is 0 Å². The van der Waals surface area contributed by atoms with Gasteiger partial charge in [-0.15, -0.1) is 12.3 Å². The molecule has 0 spiro atoms. The minimum absolute atomic E-state index is 0.0487. The van der Waals surface area contributed by atoms with Crippen LogP contribution in [0.2, 0.25) is 0 Å². The summed E-state index contributed by atoms with van der Waals surface area (Å²) in [7, 11) is 1.23. The Morgan fingerprint density at radius 1 is 1.37 bits per heavy atom. The molecule has 0 aliphatic rings. The molecule has 1 rings (SSSR count). The van der Waals surface area contributed by atoms with E-state index in [2.05, 4.69) is 16.0 Å². The normalized spacial score (nSPS) is 10.9. The lowest BCUT2D eigenvalue weighted by Crippen LogP contribution is -2.41.